The van der Waals surface area contributed by atoms with Gasteiger partial charge in [-0.05, 0) is 57.2 Å². The van der Waals surface area contributed by atoms with E-state index in [9.17, 15) is 19.5 Å². The zero-order valence-corrected chi connectivity index (χ0v) is 20.8. The van der Waals surface area contributed by atoms with Crippen molar-refractivity contribution >= 4 is 17.9 Å². The molecule has 8 heteroatoms. The normalized spacial score (nSPS) is 15.0. The highest BCUT2D eigenvalue weighted by molar-refractivity contribution is 5.92. The third-order valence-corrected chi connectivity index (χ3v) is 5.69. The van der Waals surface area contributed by atoms with E-state index in [-0.39, 0.29) is 11.9 Å². The molecule has 1 fully saturated rings. The first-order valence-electron chi connectivity index (χ1n) is 11.9. The van der Waals surface area contributed by atoms with Crippen molar-refractivity contribution in [2.24, 2.45) is 0 Å². The minimum absolute atomic E-state index is 0.163. The smallest absolute Gasteiger partial charge is 0.408 e. The molecule has 3 amide bonds. The second-order valence-corrected chi connectivity index (χ2v) is 9.82. The Bertz CT molecular complexity index is 1030. The van der Waals surface area contributed by atoms with E-state index in [0.29, 0.717) is 12.1 Å². The standard InChI is InChI=1S/C27H35N3O5/c1-18-10-8-9-13-21(18)23(24(32)28-16-19-11-6-5-7-12-19)30(20-14-15-20)25(33)22(17-31)29-26(34)35-27(2,3)4/h5-13,20,22-23,31H,14-17H2,1-4H3,(H,28,32)(H,29,34). The van der Waals surface area contributed by atoms with Gasteiger partial charge in [-0.2, -0.15) is 0 Å². The molecule has 2 unspecified atom stereocenters. The molecule has 0 saturated heterocycles. The van der Waals surface area contributed by atoms with E-state index in [4.69, 9.17) is 4.74 Å². The fourth-order valence-corrected chi connectivity index (χ4v) is 3.88. The number of amides is 3. The van der Waals surface area contributed by atoms with Gasteiger partial charge in [0.15, 0.2) is 0 Å². The Labute approximate surface area is 206 Å². The van der Waals surface area contributed by atoms with Gasteiger partial charge in [-0.25, -0.2) is 4.79 Å². The zero-order valence-electron chi connectivity index (χ0n) is 20.8. The number of alkyl carbamates (subject to hydrolysis) is 1. The van der Waals surface area contributed by atoms with Gasteiger partial charge in [0, 0.05) is 12.6 Å². The summed E-state index contributed by atoms with van der Waals surface area (Å²) in [5, 5.41) is 15.4. The Hall–Kier alpha value is -3.39. The highest BCUT2D eigenvalue weighted by Gasteiger charge is 2.44. The van der Waals surface area contributed by atoms with Crippen LogP contribution in [-0.2, 0) is 20.9 Å². The highest BCUT2D eigenvalue weighted by Crippen LogP contribution is 2.36. The van der Waals surface area contributed by atoms with Gasteiger partial charge in [0.1, 0.15) is 17.7 Å². The number of aliphatic hydroxyl groups excluding tert-OH is 1. The highest BCUT2D eigenvalue weighted by atomic mass is 16.6. The maximum absolute atomic E-state index is 13.7. The first kappa shape index (κ1) is 26.2. The Morgan fingerprint density at radius 2 is 1.69 bits per heavy atom. The van der Waals surface area contributed by atoms with Crippen molar-refractivity contribution in [2.75, 3.05) is 6.61 Å². The summed E-state index contributed by atoms with van der Waals surface area (Å²) in [6, 6.07) is 14.7. The monoisotopic (exact) mass is 481 g/mol. The van der Waals surface area contributed by atoms with Gasteiger partial charge in [-0.15, -0.1) is 0 Å². The van der Waals surface area contributed by atoms with E-state index in [1.54, 1.807) is 20.8 Å². The number of nitrogens with zero attached hydrogens (tertiary/aromatic N) is 1. The zero-order chi connectivity index (χ0) is 25.6. The fraction of sp³-hybridized carbons (Fsp3) is 0.444. The van der Waals surface area contributed by atoms with Crippen LogP contribution in [-0.4, -0.2) is 52.2 Å². The second-order valence-electron chi connectivity index (χ2n) is 9.82. The van der Waals surface area contributed by atoms with Crippen LogP contribution in [0.4, 0.5) is 4.79 Å². The molecular formula is C27H35N3O5. The molecule has 0 bridgehead atoms. The van der Waals surface area contributed by atoms with Crippen molar-refractivity contribution < 1.29 is 24.2 Å². The second kappa shape index (κ2) is 11.4. The lowest BCUT2D eigenvalue weighted by Gasteiger charge is -2.35. The van der Waals surface area contributed by atoms with Crippen molar-refractivity contribution in [3.8, 4) is 0 Å². The lowest BCUT2D eigenvalue weighted by Crippen LogP contribution is -2.55. The Kier molecular flexibility index (Phi) is 8.51. The lowest BCUT2D eigenvalue weighted by atomic mass is 9.98. The number of aryl methyl sites for hydroxylation is 1. The lowest BCUT2D eigenvalue weighted by molar-refractivity contribution is -0.144. The molecule has 8 nitrogen and oxygen atoms in total. The van der Waals surface area contributed by atoms with Crippen LogP contribution in [0.15, 0.2) is 54.6 Å². The maximum Gasteiger partial charge on any atom is 0.408 e. The number of aliphatic hydroxyl groups is 1. The molecule has 1 aliphatic carbocycles. The summed E-state index contributed by atoms with van der Waals surface area (Å²) in [6.07, 6.45) is 0.677. The van der Waals surface area contributed by atoms with Crippen molar-refractivity contribution in [3.05, 3.63) is 71.3 Å². The molecule has 0 aliphatic heterocycles. The van der Waals surface area contributed by atoms with E-state index in [2.05, 4.69) is 10.6 Å². The van der Waals surface area contributed by atoms with Gasteiger partial charge < -0.3 is 25.4 Å². The summed E-state index contributed by atoms with van der Waals surface area (Å²) in [7, 11) is 0. The number of rotatable bonds is 9. The summed E-state index contributed by atoms with van der Waals surface area (Å²) in [5.74, 6) is -0.846. The summed E-state index contributed by atoms with van der Waals surface area (Å²) in [6.45, 7) is 6.73. The molecule has 1 saturated carbocycles. The molecule has 2 atom stereocenters. The maximum atomic E-state index is 13.7. The molecule has 188 valence electrons. The average molecular weight is 482 g/mol. The SMILES string of the molecule is Cc1ccccc1C(C(=O)NCc1ccccc1)N(C(=O)C(CO)NC(=O)OC(C)(C)C)C1CC1. The predicted octanol–water partition coefficient (Wildman–Crippen LogP) is 3.23. The first-order chi connectivity index (χ1) is 16.6. The molecule has 0 radical (unpaired) electrons. The fourth-order valence-electron chi connectivity index (χ4n) is 3.88. The molecule has 3 rings (SSSR count). The summed E-state index contributed by atoms with van der Waals surface area (Å²) in [5.41, 5.74) is 1.75. The van der Waals surface area contributed by atoms with Crippen LogP contribution in [0.5, 0.6) is 0 Å². The first-order valence-corrected chi connectivity index (χ1v) is 11.9. The van der Waals surface area contributed by atoms with Crippen LogP contribution in [0.2, 0.25) is 0 Å². The number of ether oxygens (including phenoxy) is 1. The molecule has 3 N–H and O–H groups in total. The van der Waals surface area contributed by atoms with Crippen molar-refractivity contribution in [1.82, 2.24) is 15.5 Å². The van der Waals surface area contributed by atoms with Crippen LogP contribution < -0.4 is 10.6 Å². The van der Waals surface area contributed by atoms with Crippen molar-refractivity contribution in [3.63, 3.8) is 0 Å². The molecule has 2 aromatic carbocycles. The van der Waals surface area contributed by atoms with Gasteiger partial charge >= 0.3 is 6.09 Å². The van der Waals surface area contributed by atoms with Crippen LogP contribution in [0.3, 0.4) is 0 Å². The van der Waals surface area contributed by atoms with E-state index in [1.807, 2.05) is 61.5 Å². The van der Waals surface area contributed by atoms with Gasteiger partial charge in [-0.3, -0.25) is 9.59 Å². The van der Waals surface area contributed by atoms with E-state index in [0.717, 1.165) is 24.0 Å². The van der Waals surface area contributed by atoms with E-state index in [1.165, 1.54) is 4.90 Å². The van der Waals surface area contributed by atoms with E-state index < -0.39 is 36.3 Å². The van der Waals surface area contributed by atoms with Crippen LogP contribution in [0.1, 0.15) is 56.3 Å². The Morgan fingerprint density at radius 3 is 2.26 bits per heavy atom. The molecule has 1 aliphatic rings. The Morgan fingerprint density at radius 1 is 1.06 bits per heavy atom. The van der Waals surface area contributed by atoms with Crippen molar-refractivity contribution in [1.29, 1.82) is 0 Å². The summed E-state index contributed by atoms with van der Waals surface area (Å²) < 4.78 is 5.26. The summed E-state index contributed by atoms with van der Waals surface area (Å²) in [4.78, 5) is 41.1. The number of carbonyl (C=O) groups excluding carboxylic acids is 3. The minimum Gasteiger partial charge on any atom is -0.444 e. The molecule has 0 spiro atoms. The number of carbonyl (C=O) groups is 3. The Balaban J connectivity index is 1.89. The topological polar surface area (TPSA) is 108 Å². The number of hydrogen-bond acceptors (Lipinski definition) is 5. The number of benzene rings is 2. The molecular weight excluding hydrogens is 446 g/mol. The van der Waals surface area contributed by atoms with Crippen LogP contribution >= 0.6 is 0 Å². The van der Waals surface area contributed by atoms with Gasteiger partial charge in [-0.1, -0.05) is 54.6 Å². The van der Waals surface area contributed by atoms with Crippen molar-refractivity contribution in [2.45, 2.75) is 70.8 Å². The van der Waals surface area contributed by atoms with Gasteiger partial charge in [0.25, 0.3) is 0 Å². The van der Waals surface area contributed by atoms with Crippen LogP contribution in [0, 0.1) is 6.92 Å². The number of nitrogens with one attached hydrogen (secondary N) is 2. The average Bonchev–Trinajstić information content (AvgIpc) is 3.64. The van der Waals surface area contributed by atoms with Gasteiger partial charge in [0.2, 0.25) is 11.8 Å². The third kappa shape index (κ3) is 7.29. The molecule has 35 heavy (non-hydrogen) atoms. The third-order valence-electron chi connectivity index (χ3n) is 5.69. The van der Waals surface area contributed by atoms with Gasteiger partial charge in [0.05, 0.1) is 6.61 Å². The minimum atomic E-state index is -1.24. The quantitative estimate of drug-likeness (QED) is 0.510. The molecule has 2 aromatic rings. The largest absolute Gasteiger partial charge is 0.444 e. The van der Waals surface area contributed by atoms with Crippen LogP contribution in [0.25, 0.3) is 0 Å². The molecule has 0 aromatic heterocycles. The summed E-state index contributed by atoms with van der Waals surface area (Å²) >= 11 is 0. The predicted molar refractivity (Wildman–Crippen MR) is 132 cm³/mol. The molecule has 0 heterocycles. The van der Waals surface area contributed by atoms with E-state index >= 15 is 0 Å². The number of hydrogen-bond donors (Lipinski definition) is 3.